The summed E-state index contributed by atoms with van der Waals surface area (Å²) in [6, 6.07) is 2.46. The van der Waals surface area contributed by atoms with Gasteiger partial charge in [0.15, 0.2) is 17.9 Å². The van der Waals surface area contributed by atoms with Crippen molar-refractivity contribution in [3.05, 3.63) is 23.8 Å². The lowest BCUT2D eigenvalue weighted by atomic mass is 9.53. The molecule has 0 radical (unpaired) electrons. The highest BCUT2D eigenvalue weighted by Gasteiger charge is 2.51. The van der Waals surface area contributed by atoms with Gasteiger partial charge >= 0.3 is 0 Å². The number of hydrogen-bond donors (Lipinski definition) is 0. The van der Waals surface area contributed by atoms with E-state index in [0.29, 0.717) is 11.2 Å². The van der Waals surface area contributed by atoms with Crippen LogP contribution in [0.3, 0.4) is 0 Å². The summed E-state index contributed by atoms with van der Waals surface area (Å²) in [5.74, 6) is 0.577. The number of carbonyl (C=O) groups is 1. The fraction of sp³-hybridized carbons (Fsp3) is 0.720. The van der Waals surface area contributed by atoms with E-state index in [4.69, 9.17) is 14.6 Å². The summed E-state index contributed by atoms with van der Waals surface area (Å²) in [6.07, 6.45) is 12.5. The van der Waals surface area contributed by atoms with Crippen molar-refractivity contribution in [2.75, 3.05) is 13.2 Å². The van der Waals surface area contributed by atoms with Crippen LogP contribution in [0, 0.1) is 5.41 Å². The first-order chi connectivity index (χ1) is 15.5. The Morgan fingerprint density at radius 2 is 1.97 bits per heavy atom. The fourth-order valence-corrected chi connectivity index (χ4v) is 6.59. The topological polar surface area (TPSA) is 71.2 Å². The van der Waals surface area contributed by atoms with E-state index in [0.717, 1.165) is 44.0 Å². The summed E-state index contributed by atoms with van der Waals surface area (Å²) in [4.78, 5) is 16.5. The number of rotatable bonds is 5. The van der Waals surface area contributed by atoms with Crippen molar-refractivity contribution in [2.24, 2.45) is 5.41 Å². The molecule has 7 nitrogen and oxygen atoms in total. The van der Waals surface area contributed by atoms with Crippen LogP contribution in [0.25, 0.3) is 11.4 Å². The zero-order valence-electron chi connectivity index (χ0n) is 19.3. The average molecular weight is 439 g/mol. The van der Waals surface area contributed by atoms with Gasteiger partial charge in [0.25, 0.3) is 0 Å². The lowest BCUT2D eigenvalue weighted by Gasteiger charge is -2.53. The van der Waals surface area contributed by atoms with Gasteiger partial charge in [-0.05, 0) is 76.2 Å². The van der Waals surface area contributed by atoms with Crippen LogP contribution in [0.2, 0.25) is 0 Å². The van der Waals surface area contributed by atoms with E-state index in [2.05, 4.69) is 27.2 Å². The molecule has 2 aromatic rings. The maximum absolute atomic E-state index is 12.1. The van der Waals surface area contributed by atoms with Crippen LogP contribution < -0.4 is 0 Å². The predicted octanol–water partition coefficient (Wildman–Crippen LogP) is 4.66. The van der Waals surface area contributed by atoms with Crippen LogP contribution in [0.1, 0.15) is 94.0 Å². The summed E-state index contributed by atoms with van der Waals surface area (Å²) in [6.45, 7) is 6.22. The summed E-state index contributed by atoms with van der Waals surface area (Å²) >= 11 is 0. The van der Waals surface area contributed by atoms with E-state index in [1.165, 1.54) is 50.6 Å². The second-order valence-electron chi connectivity index (χ2n) is 10.7. The van der Waals surface area contributed by atoms with Crippen LogP contribution in [-0.2, 0) is 21.4 Å². The minimum Gasteiger partial charge on any atom is -0.353 e. The molecule has 0 spiro atoms. The van der Waals surface area contributed by atoms with E-state index in [1.54, 1.807) is 6.92 Å². The third-order valence-electron chi connectivity index (χ3n) is 8.69. The zero-order valence-corrected chi connectivity index (χ0v) is 19.3. The Kier molecular flexibility index (Phi) is 4.84. The van der Waals surface area contributed by atoms with Crippen molar-refractivity contribution < 1.29 is 14.3 Å². The highest BCUT2D eigenvalue weighted by Crippen LogP contribution is 2.58. The average Bonchev–Trinajstić information content (AvgIpc) is 3.45. The maximum atomic E-state index is 12.1. The molecule has 4 fully saturated rings. The van der Waals surface area contributed by atoms with Crippen LogP contribution in [0.4, 0.5) is 0 Å². The second kappa shape index (κ2) is 7.52. The first-order valence-corrected chi connectivity index (χ1v) is 12.4. The molecule has 5 aliphatic rings. The number of ketones is 1. The highest BCUT2D eigenvalue weighted by molar-refractivity contribution is 5.91. The molecule has 2 aromatic heterocycles. The van der Waals surface area contributed by atoms with E-state index >= 15 is 0 Å². The second-order valence-corrected chi connectivity index (χ2v) is 10.7. The van der Waals surface area contributed by atoms with E-state index in [1.807, 2.05) is 6.20 Å². The number of carbonyl (C=O) groups excluding carboxylic acids is 1. The number of Topliss-reactive ketones (excluding diaryl/α,β-unsaturated/α-hetero) is 1. The molecule has 1 saturated heterocycles. The Morgan fingerprint density at radius 3 is 2.66 bits per heavy atom. The van der Waals surface area contributed by atoms with Gasteiger partial charge in [-0.3, -0.25) is 9.48 Å². The summed E-state index contributed by atoms with van der Waals surface area (Å²) in [5.41, 5.74) is 3.87. The molecule has 1 unspecified atom stereocenters. The van der Waals surface area contributed by atoms with Crippen LogP contribution in [0.15, 0.2) is 12.3 Å². The summed E-state index contributed by atoms with van der Waals surface area (Å²) < 4.78 is 16.3. The third kappa shape index (κ3) is 3.19. The molecule has 32 heavy (non-hydrogen) atoms. The van der Waals surface area contributed by atoms with Crippen molar-refractivity contribution in [2.45, 2.75) is 95.9 Å². The maximum Gasteiger partial charge on any atom is 0.195 e. The van der Waals surface area contributed by atoms with Crippen molar-refractivity contribution in [3.8, 4) is 11.4 Å². The van der Waals surface area contributed by atoms with E-state index in [-0.39, 0.29) is 23.5 Å². The predicted molar refractivity (Wildman–Crippen MR) is 120 cm³/mol. The third-order valence-corrected chi connectivity index (χ3v) is 8.69. The van der Waals surface area contributed by atoms with Crippen LogP contribution in [0.5, 0.6) is 0 Å². The van der Waals surface area contributed by atoms with Gasteiger partial charge in [-0.2, -0.15) is 5.10 Å². The molecule has 3 aliphatic carbocycles. The SMILES string of the molecule is CC(=O)c1ncc2n1[C@@H](C)Cn1nc(C34CCC(COC5CCCCO5)(CC3)CC4)cc1-2. The Morgan fingerprint density at radius 1 is 1.19 bits per heavy atom. The largest absolute Gasteiger partial charge is 0.353 e. The molecule has 2 bridgehead atoms. The Hall–Kier alpha value is -1.99. The van der Waals surface area contributed by atoms with Gasteiger partial charge in [0.2, 0.25) is 0 Å². The molecule has 0 aromatic carbocycles. The summed E-state index contributed by atoms with van der Waals surface area (Å²) in [7, 11) is 0. The molecular formula is C25H34N4O3. The molecule has 3 saturated carbocycles. The van der Waals surface area contributed by atoms with Crippen molar-refractivity contribution in [3.63, 3.8) is 0 Å². The Bertz CT molecular complexity index is 1010. The molecule has 7 rings (SSSR count). The number of nitrogens with zero attached hydrogens (tertiary/aromatic N) is 4. The lowest BCUT2D eigenvalue weighted by molar-refractivity contribution is -0.188. The minimum atomic E-state index is 0.0123. The van der Waals surface area contributed by atoms with Gasteiger partial charge in [0.05, 0.1) is 42.5 Å². The lowest BCUT2D eigenvalue weighted by Crippen LogP contribution is -2.47. The Labute approximate surface area is 189 Å². The van der Waals surface area contributed by atoms with Crippen LogP contribution >= 0.6 is 0 Å². The zero-order chi connectivity index (χ0) is 21.9. The molecule has 4 heterocycles. The van der Waals surface area contributed by atoms with E-state index in [9.17, 15) is 4.79 Å². The fourth-order valence-electron chi connectivity index (χ4n) is 6.59. The molecule has 7 heteroatoms. The van der Waals surface area contributed by atoms with E-state index < -0.39 is 0 Å². The molecule has 2 aliphatic heterocycles. The van der Waals surface area contributed by atoms with Crippen molar-refractivity contribution in [1.29, 1.82) is 0 Å². The van der Waals surface area contributed by atoms with Crippen molar-refractivity contribution >= 4 is 5.78 Å². The van der Waals surface area contributed by atoms with Crippen LogP contribution in [-0.4, -0.2) is 44.6 Å². The Balaban J connectivity index is 1.21. The standard InChI is InChI=1S/C25H34N4O3/c1-17-15-28-19(20-14-26-23(18(2)30)29(17)20)13-21(27-28)25-9-6-24(7-10-25,8-11-25)16-32-22-5-3-4-12-31-22/h13-14,17,22H,3-12,15-16H2,1-2H3/t17-,22?,24?,25?/m0/s1. The summed E-state index contributed by atoms with van der Waals surface area (Å²) in [5, 5.41) is 5.13. The van der Waals surface area contributed by atoms with Gasteiger partial charge < -0.3 is 14.0 Å². The number of hydrogen-bond acceptors (Lipinski definition) is 5. The number of aromatic nitrogens is 4. The monoisotopic (exact) mass is 438 g/mol. The number of imidazole rings is 1. The molecular weight excluding hydrogens is 404 g/mol. The first-order valence-electron chi connectivity index (χ1n) is 12.4. The molecule has 0 amide bonds. The van der Waals surface area contributed by atoms with Crippen molar-refractivity contribution in [1.82, 2.24) is 19.3 Å². The quantitative estimate of drug-likeness (QED) is 0.635. The number of ether oxygens (including phenoxy) is 2. The minimum absolute atomic E-state index is 0.0123. The normalized spacial score (nSPS) is 33.7. The molecule has 2 atom stereocenters. The number of fused-ring (bicyclic) bond motifs is 6. The van der Waals surface area contributed by atoms with Gasteiger partial charge in [-0.25, -0.2) is 4.98 Å². The first kappa shape index (κ1) is 20.6. The van der Waals surface area contributed by atoms with Gasteiger partial charge in [0, 0.05) is 18.9 Å². The highest BCUT2D eigenvalue weighted by atomic mass is 16.7. The van der Waals surface area contributed by atoms with Gasteiger partial charge in [0.1, 0.15) is 0 Å². The smallest absolute Gasteiger partial charge is 0.195 e. The van der Waals surface area contributed by atoms with Gasteiger partial charge in [-0.15, -0.1) is 0 Å². The molecule has 0 N–H and O–H groups in total. The van der Waals surface area contributed by atoms with Gasteiger partial charge in [-0.1, -0.05) is 0 Å². The molecule has 172 valence electrons.